The van der Waals surface area contributed by atoms with Crippen LogP contribution in [0.15, 0.2) is 12.1 Å². The molecule has 0 heterocycles. The Balaban J connectivity index is 3.01. The molecule has 0 fully saturated rings. The van der Waals surface area contributed by atoms with Gasteiger partial charge in [0, 0.05) is 24.1 Å². The van der Waals surface area contributed by atoms with E-state index in [1.165, 1.54) is 7.11 Å². The molecule has 88 valence electrons. The number of ether oxygens (including phenoxy) is 1. The van der Waals surface area contributed by atoms with Gasteiger partial charge < -0.3 is 15.6 Å². The van der Waals surface area contributed by atoms with Gasteiger partial charge in [-0.2, -0.15) is 0 Å². The van der Waals surface area contributed by atoms with Crippen LogP contribution in [0.25, 0.3) is 0 Å². The van der Waals surface area contributed by atoms with Gasteiger partial charge in [0.05, 0.1) is 7.11 Å². The highest BCUT2D eigenvalue weighted by Crippen LogP contribution is 2.21. The predicted octanol–water partition coefficient (Wildman–Crippen LogP) is 0.928. The number of hydrogen-bond donors (Lipinski definition) is 2. The molecule has 0 amide bonds. The number of carbonyl (C=O) groups is 1. The minimum Gasteiger partial charge on any atom is -0.497 e. The van der Waals surface area contributed by atoms with Gasteiger partial charge >= 0.3 is 5.97 Å². The van der Waals surface area contributed by atoms with E-state index in [-0.39, 0.29) is 11.3 Å². The number of benzene rings is 1. The van der Waals surface area contributed by atoms with E-state index in [9.17, 15) is 13.6 Å². The first kappa shape index (κ1) is 12.4. The zero-order valence-electron chi connectivity index (χ0n) is 8.54. The van der Waals surface area contributed by atoms with Crippen LogP contribution in [0.4, 0.5) is 8.78 Å². The molecule has 0 aliphatic heterocycles. The van der Waals surface area contributed by atoms with E-state index >= 15 is 0 Å². The average molecular weight is 231 g/mol. The molecular formula is C10H11F2NO3. The van der Waals surface area contributed by atoms with Crippen LogP contribution in [0.3, 0.4) is 0 Å². The lowest BCUT2D eigenvalue weighted by molar-refractivity contribution is -0.138. The summed E-state index contributed by atoms with van der Waals surface area (Å²) >= 11 is 0. The first-order valence-corrected chi connectivity index (χ1v) is 4.46. The summed E-state index contributed by atoms with van der Waals surface area (Å²) in [5, 5.41) is 8.53. The van der Waals surface area contributed by atoms with Gasteiger partial charge in [-0.3, -0.25) is 4.79 Å². The summed E-state index contributed by atoms with van der Waals surface area (Å²) in [6, 6.07) is 0.623. The number of halogens is 2. The fraction of sp³-hybridized carbons (Fsp3) is 0.300. The van der Waals surface area contributed by atoms with E-state index in [4.69, 9.17) is 10.8 Å². The van der Waals surface area contributed by atoms with Crippen molar-refractivity contribution in [2.24, 2.45) is 5.73 Å². The molecular weight excluding hydrogens is 220 g/mol. The number of nitrogens with two attached hydrogens (primary N) is 1. The summed E-state index contributed by atoms with van der Waals surface area (Å²) in [4.78, 5) is 10.5. The van der Waals surface area contributed by atoms with Gasteiger partial charge in [0.15, 0.2) is 0 Å². The Morgan fingerprint density at radius 1 is 1.50 bits per heavy atom. The molecule has 0 aliphatic carbocycles. The number of hydrogen-bond acceptors (Lipinski definition) is 3. The Bertz CT molecular complexity index is 386. The van der Waals surface area contributed by atoms with Crippen LogP contribution in [0, 0.1) is 11.6 Å². The lowest BCUT2D eigenvalue weighted by Crippen LogP contribution is -2.32. The van der Waals surface area contributed by atoms with Crippen molar-refractivity contribution in [3.8, 4) is 5.75 Å². The summed E-state index contributed by atoms with van der Waals surface area (Å²) in [6.45, 7) is 0. The zero-order valence-corrected chi connectivity index (χ0v) is 8.54. The predicted molar refractivity (Wildman–Crippen MR) is 52.2 cm³/mol. The molecule has 3 N–H and O–H groups in total. The summed E-state index contributed by atoms with van der Waals surface area (Å²) in [5.41, 5.74) is 4.84. The first-order chi connectivity index (χ1) is 7.45. The Morgan fingerprint density at radius 3 is 2.38 bits per heavy atom. The maximum Gasteiger partial charge on any atom is 0.320 e. The third-order valence-electron chi connectivity index (χ3n) is 2.09. The van der Waals surface area contributed by atoms with Gasteiger partial charge in [0.1, 0.15) is 23.4 Å². The first-order valence-electron chi connectivity index (χ1n) is 4.46. The van der Waals surface area contributed by atoms with Gasteiger partial charge in [-0.25, -0.2) is 8.78 Å². The topological polar surface area (TPSA) is 72.5 Å². The number of methoxy groups -OCH3 is 1. The molecule has 0 saturated heterocycles. The fourth-order valence-electron chi connectivity index (χ4n) is 1.20. The molecule has 0 aromatic heterocycles. The van der Waals surface area contributed by atoms with Crippen LogP contribution in [-0.2, 0) is 11.2 Å². The summed E-state index contributed by atoms with van der Waals surface area (Å²) in [6.07, 6.45) is -0.406. The summed E-state index contributed by atoms with van der Waals surface area (Å²) in [7, 11) is 1.27. The molecule has 1 aromatic rings. The second-order valence-corrected chi connectivity index (χ2v) is 3.22. The summed E-state index contributed by atoms with van der Waals surface area (Å²) in [5.74, 6) is -3.01. The van der Waals surface area contributed by atoms with E-state index in [1.54, 1.807) is 0 Å². The van der Waals surface area contributed by atoms with Crippen molar-refractivity contribution in [1.29, 1.82) is 0 Å². The second-order valence-electron chi connectivity index (χ2n) is 3.22. The highest BCUT2D eigenvalue weighted by molar-refractivity contribution is 5.73. The third kappa shape index (κ3) is 2.66. The highest BCUT2D eigenvalue weighted by Gasteiger charge is 2.19. The fourth-order valence-corrected chi connectivity index (χ4v) is 1.20. The molecule has 1 aromatic carbocycles. The zero-order chi connectivity index (χ0) is 12.3. The van der Waals surface area contributed by atoms with Crippen molar-refractivity contribution >= 4 is 5.97 Å². The molecule has 0 saturated carbocycles. The molecule has 0 radical (unpaired) electrons. The van der Waals surface area contributed by atoms with Crippen LogP contribution in [0.1, 0.15) is 5.56 Å². The Morgan fingerprint density at radius 2 is 2.00 bits per heavy atom. The van der Waals surface area contributed by atoms with Crippen molar-refractivity contribution in [3.63, 3.8) is 0 Å². The molecule has 0 spiro atoms. The third-order valence-corrected chi connectivity index (χ3v) is 2.09. The largest absolute Gasteiger partial charge is 0.497 e. The van der Waals surface area contributed by atoms with Crippen molar-refractivity contribution < 1.29 is 23.4 Å². The van der Waals surface area contributed by atoms with Gasteiger partial charge in [-0.15, -0.1) is 0 Å². The Labute approximate surface area is 90.6 Å². The van der Waals surface area contributed by atoms with E-state index in [1.807, 2.05) is 0 Å². The Kier molecular flexibility index (Phi) is 3.78. The van der Waals surface area contributed by atoms with Crippen molar-refractivity contribution in [2.75, 3.05) is 7.11 Å². The number of carboxylic acid groups (broad SMARTS) is 1. The molecule has 16 heavy (non-hydrogen) atoms. The standard InChI is InChI=1S/C10H11F2NO3/c1-16-5-2-7(11)6(8(12)3-5)4-9(13)10(14)15/h2-3,9H,4,13H2,1H3,(H,14,15). The SMILES string of the molecule is COc1cc(F)c(CC(N)C(=O)O)c(F)c1. The van der Waals surface area contributed by atoms with E-state index in [0.29, 0.717) is 0 Å². The van der Waals surface area contributed by atoms with Crippen LogP contribution in [0.2, 0.25) is 0 Å². The number of rotatable bonds is 4. The van der Waals surface area contributed by atoms with Gasteiger partial charge in [0.25, 0.3) is 0 Å². The molecule has 0 bridgehead atoms. The van der Waals surface area contributed by atoms with Crippen molar-refractivity contribution in [2.45, 2.75) is 12.5 Å². The molecule has 6 heteroatoms. The van der Waals surface area contributed by atoms with Gasteiger partial charge in [0.2, 0.25) is 0 Å². The van der Waals surface area contributed by atoms with Crippen molar-refractivity contribution in [3.05, 3.63) is 29.3 Å². The average Bonchev–Trinajstić information content (AvgIpc) is 2.22. The van der Waals surface area contributed by atoms with Crippen LogP contribution >= 0.6 is 0 Å². The van der Waals surface area contributed by atoms with E-state index in [0.717, 1.165) is 12.1 Å². The second kappa shape index (κ2) is 4.89. The number of aliphatic carboxylic acids is 1. The molecule has 1 atom stereocenters. The molecule has 4 nitrogen and oxygen atoms in total. The normalized spacial score (nSPS) is 12.2. The lowest BCUT2D eigenvalue weighted by Gasteiger charge is -2.10. The molecule has 1 unspecified atom stereocenters. The van der Waals surface area contributed by atoms with Crippen LogP contribution in [-0.4, -0.2) is 24.2 Å². The smallest absolute Gasteiger partial charge is 0.320 e. The van der Waals surface area contributed by atoms with Gasteiger partial charge in [-0.05, 0) is 0 Å². The van der Waals surface area contributed by atoms with Crippen LogP contribution in [0.5, 0.6) is 5.75 Å². The minimum atomic E-state index is -1.34. The maximum absolute atomic E-state index is 13.4. The minimum absolute atomic E-state index is 0.0302. The molecule has 1 rings (SSSR count). The monoisotopic (exact) mass is 231 g/mol. The lowest BCUT2D eigenvalue weighted by atomic mass is 10.1. The maximum atomic E-state index is 13.4. The van der Waals surface area contributed by atoms with Gasteiger partial charge in [-0.1, -0.05) is 0 Å². The summed E-state index contributed by atoms with van der Waals surface area (Å²) < 4.78 is 31.4. The highest BCUT2D eigenvalue weighted by atomic mass is 19.1. The Hall–Kier alpha value is -1.69. The van der Waals surface area contributed by atoms with E-state index in [2.05, 4.69) is 4.74 Å². The number of carboxylic acids is 1. The van der Waals surface area contributed by atoms with E-state index < -0.39 is 30.1 Å². The quantitative estimate of drug-likeness (QED) is 0.808. The molecule has 0 aliphatic rings. The van der Waals surface area contributed by atoms with Crippen molar-refractivity contribution in [1.82, 2.24) is 0 Å². The van der Waals surface area contributed by atoms with Crippen LogP contribution < -0.4 is 10.5 Å².